The molecule has 1 heterocycles. The molecule has 0 spiro atoms. The van der Waals surface area contributed by atoms with Crippen LogP contribution in [0.25, 0.3) is 0 Å². The summed E-state index contributed by atoms with van der Waals surface area (Å²) in [5, 5.41) is 1.99. The second kappa shape index (κ2) is 6.75. The first-order valence-electron chi connectivity index (χ1n) is 7.96. The van der Waals surface area contributed by atoms with E-state index in [-0.39, 0.29) is 24.3 Å². The molecule has 2 amide bonds. The molecule has 1 fully saturated rings. The Bertz CT molecular complexity index is 695. The van der Waals surface area contributed by atoms with E-state index in [0.717, 1.165) is 18.5 Å². The Morgan fingerprint density at radius 3 is 2.43 bits per heavy atom. The molecule has 0 aromatic heterocycles. The van der Waals surface area contributed by atoms with Gasteiger partial charge in [0.2, 0.25) is 5.91 Å². The van der Waals surface area contributed by atoms with Crippen LogP contribution < -0.4 is 10.2 Å². The zero-order chi connectivity index (χ0) is 16.2. The number of amides is 2. The zero-order valence-electron chi connectivity index (χ0n) is 13.2. The molecule has 0 unspecified atom stereocenters. The third-order valence-electron chi connectivity index (χ3n) is 4.20. The van der Waals surface area contributed by atoms with Gasteiger partial charge in [-0.05, 0) is 24.6 Å². The monoisotopic (exact) mass is 309 g/mol. The van der Waals surface area contributed by atoms with Crippen molar-refractivity contribution in [3.63, 3.8) is 0 Å². The van der Waals surface area contributed by atoms with Crippen molar-refractivity contribution in [2.24, 2.45) is 0 Å². The number of imide groups is 1. The van der Waals surface area contributed by atoms with Gasteiger partial charge in [0, 0.05) is 6.42 Å². The molecule has 1 saturated heterocycles. The SMILES string of the molecule is Cc1ccc(N2C(=O)C[C@H]([NH2+]CCc3ccccc3)C2=O)cc1. The van der Waals surface area contributed by atoms with Gasteiger partial charge in [0.25, 0.3) is 5.91 Å². The molecule has 0 aliphatic carbocycles. The average Bonchev–Trinajstić information content (AvgIpc) is 2.84. The molecular formula is C19H21N2O2+. The number of carbonyl (C=O) groups excluding carboxylic acids is 2. The fraction of sp³-hybridized carbons (Fsp3) is 0.263. The highest BCUT2D eigenvalue weighted by Crippen LogP contribution is 2.21. The molecular weight excluding hydrogens is 288 g/mol. The van der Waals surface area contributed by atoms with Crippen molar-refractivity contribution in [1.29, 1.82) is 0 Å². The van der Waals surface area contributed by atoms with Crippen molar-refractivity contribution in [3.8, 4) is 0 Å². The Morgan fingerprint density at radius 1 is 1.04 bits per heavy atom. The van der Waals surface area contributed by atoms with Gasteiger partial charge < -0.3 is 5.32 Å². The highest BCUT2D eigenvalue weighted by molar-refractivity contribution is 6.21. The maximum atomic E-state index is 12.5. The zero-order valence-corrected chi connectivity index (χ0v) is 13.2. The molecule has 4 nitrogen and oxygen atoms in total. The second-order valence-electron chi connectivity index (χ2n) is 5.97. The lowest BCUT2D eigenvalue weighted by atomic mass is 10.1. The summed E-state index contributed by atoms with van der Waals surface area (Å²) in [5.74, 6) is -0.216. The molecule has 4 heteroatoms. The van der Waals surface area contributed by atoms with E-state index in [1.54, 1.807) is 0 Å². The summed E-state index contributed by atoms with van der Waals surface area (Å²) in [6.07, 6.45) is 1.17. The molecule has 3 rings (SSSR count). The standard InChI is InChI=1S/C19H20N2O2/c1-14-7-9-16(10-8-14)21-18(22)13-17(19(21)23)20-12-11-15-5-3-2-4-6-15/h2-10,17,20H,11-13H2,1H3/p+1/t17-/m0/s1. The van der Waals surface area contributed by atoms with Crippen molar-refractivity contribution in [1.82, 2.24) is 0 Å². The molecule has 2 aromatic rings. The van der Waals surface area contributed by atoms with Gasteiger partial charge in [-0.3, -0.25) is 9.59 Å². The van der Waals surface area contributed by atoms with E-state index in [9.17, 15) is 9.59 Å². The summed E-state index contributed by atoms with van der Waals surface area (Å²) >= 11 is 0. The van der Waals surface area contributed by atoms with Crippen LogP contribution in [-0.4, -0.2) is 24.4 Å². The van der Waals surface area contributed by atoms with Crippen LogP contribution in [0, 0.1) is 6.92 Å². The molecule has 1 atom stereocenters. The quantitative estimate of drug-likeness (QED) is 0.850. The van der Waals surface area contributed by atoms with E-state index in [2.05, 4.69) is 12.1 Å². The third kappa shape index (κ3) is 3.48. The van der Waals surface area contributed by atoms with Crippen molar-refractivity contribution in [2.75, 3.05) is 11.4 Å². The van der Waals surface area contributed by atoms with Gasteiger partial charge >= 0.3 is 0 Å². The molecule has 23 heavy (non-hydrogen) atoms. The van der Waals surface area contributed by atoms with Crippen molar-refractivity contribution >= 4 is 17.5 Å². The summed E-state index contributed by atoms with van der Waals surface area (Å²) in [5.41, 5.74) is 3.03. The van der Waals surface area contributed by atoms with Gasteiger partial charge in [-0.25, -0.2) is 4.90 Å². The molecule has 1 aliphatic heterocycles. The van der Waals surface area contributed by atoms with Crippen LogP contribution in [0.15, 0.2) is 54.6 Å². The highest BCUT2D eigenvalue weighted by atomic mass is 16.2. The van der Waals surface area contributed by atoms with E-state index >= 15 is 0 Å². The van der Waals surface area contributed by atoms with Crippen LogP contribution >= 0.6 is 0 Å². The van der Waals surface area contributed by atoms with Crippen LogP contribution in [-0.2, 0) is 16.0 Å². The van der Waals surface area contributed by atoms with Crippen molar-refractivity contribution < 1.29 is 14.9 Å². The first-order valence-corrected chi connectivity index (χ1v) is 7.96. The minimum Gasteiger partial charge on any atom is -0.335 e. The number of nitrogens with two attached hydrogens (primary N) is 1. The summed E-state index contributed by atoms with van der Waals surface area (Å²) < 4.78 is 0. The summed E-state index contributed by atoms with van der Waals surface area (Å²) in [6.45, 7) is 2.78. The van der Waals surface area contributed by atoms with E-state index in [0.29, 0.717) is 5.69 Å². The molecule has 2 N–H and O–H groups in total. The van der Waals surface area contributed by atoms with Gasteiger partial charge in [-0.2, -0.15) is 0 Å². The minimum atomic E-state index is -0.299. The van der Waals surface area contributed by atoms with Gasteiger partial charge in [0.05, 0.1) is 18.7 Å². The maximum absolute atomic E-state index is 12.5. The fourth-order valence-corrected chi connectivity index (χ4v) is 2.90. The number of carbonyl (C=O) groups is 2. The predicted octanol–water partition coefficient (Wildman–Crippen LogP) is 1.43. The molecule has 0 radical (unpaired) electrons. The summed E-state index contributed by atoms with van der Waals surface area (Å²) in [7, 11) is 0. The topological polar surface area (TPSA) is 54.0 Å². The van der Waals surface area contributed by atoms with Crippen LogP contribution in [0.5, 0.6) is 0 Å². The first-order chi connectivity index (χ1) is 11.1. The van der Waals surface area contributed by atoms with Gasteiger partial charge in [-0.1, -0.05) is 48.0 Å². The average molecular weight is 309 g/mol. The minimum absolute atomic E-state index is 0.105. The fourth-order valence-electron chi connectivity index (χ4n) is 2.90. The number of rotatable bonds is 5. The number of hydrogen-bond acceptors (Lipinski definition) is 2. The van der Waals surface area contributed by atoms with Gasteiger partial charge in [-0.15, -0.1) is 0 Å². The van der Waals surface area contributed by atoms with E-state index in [1.807, 2.05) is 54.7 Å². The van der Waals surface area contributed by atoms with E-state index < -0.39 is 0 Å². The Kier molecular flexibility index (Phi) is 4.53. The normalized spacial score (nSPS) is 17.8. The van der Waals surface area contributed by atoms with Gasteiger partial charge in [0.15, 0.2) is 6.04 Å². The van der Waals surface area contributed by atoms with Crippen LogP contribution in [0.2, 0.25) is 0 Å². The summed E-state index contributed by atoms with van der Waals surface area (Å²) in [4.78, 5) is 26.0. The first kappa shape index (κ1) is 15.4. The van der Waals surface area contributed by atoms with Crippen LogP contribution in [0.3, 0.4) is 0 Å². The third-order valence-corrected chi connectivity index (χ3v) is 4.20. The predicted molar refractivity (Wildman–Crippen MR) is 89.0 cm³/mol. The number of quaternary nitrogens is 1. The molecule has 2 aromatic carbocycles. The number of anilines is 1. The molecule has 1 aliphatic rings. The number of aryl methyl sites for hydroxylation is 1. The van der Waals surface area contributed by atoms with Crippen LogP contribution in [0.1, 0.15) is 17.5 Å². The molecule has 0 bridgehead atoms. The molecule has 118 valence electrons. The highest BCUT2D eigenvalue weighted by Gasteiger charge is 2.41. The Hall–Kier alpha value is -2.46. The van der Waals surface area contributed by atoms with Gasteiger partial charge in [0.1, 0.15) is 0 Å². The van der Waals surface area contributed by atoms with Crippen molar-refractivity contribution in [3.05, 3.63) is 65.7 Å². The Labute approximate surface area is 136 Å². The number of hydrogen-bond donors (Lipinski definition) is 1. The Morgan fingerprint density at radius 2 is 1.74 bits per heavy atom. The lowest BCUT2D eigenvalue weighted by Gasteiger charge is -2.14. The van der Waals surface area contributed by atoms with E-state index in [4.69, 9.17) is 0 Å². The lowest BCUT2D eigenvalue weighted by molar-refractivity contribution is -0.674. The maximum Gasteiger partial charge on any atom is 0.292 e. The smallest absolute Gasteiger partial charge is 0.292 e. The summed E-state index contributed by atoms with van der Waals surface area (Å²) in [6, 6.07) is 17.4. The van der Waals surface area contributed by atoms with Crippen LogP contribution in [0.4, 0.5) is 5.69 Å². The number of benzene rings is 2. The van der Waals surface area contributed by atoms with E-state index in [1.165, 1.54) is 10.5 Å². The molecule has 0 saturated carbocycles. The second-order valence-corrected chi connectivity index (χ2v) is 5.97. The lowest BCUT2D eigenvalue weighted by Crippen LogP contribution is -2.92. The largest absolute Gasteiger partial charge is 0.335 e. The Balaban J connectivity index is 1.61. The van der Waals surface area contributed by atoms with Crippen molar-refractivity contribution in [2.45, 2.75) is 25.8 Å². The number of nitrogens with zero attached hydrogens (tertiary/aromatic N) is 1.